The number of ketones is 1. The number of hydrogen-bond acceptors (Lipinski definition) is 3. The van der Waals surface area contributed by atoms with Crippen molar-refractivity contribution in [3.05, 3.63) is 77.0 Å². The topological polar surface area (TPSA) is 38.1 Å². The van der Waals surface area contributed by atoms with E-state index < -0.39 is 0 Å². The first-order valence-corrected chi connectivity index (χ1v) is 10.1. The normalized spacial score (nSPS) is 16.2. The van der Waals surface area contributed by atoms with Crippen molar-refractivity contribution in [2.45, 2.75) is 19.4 Å². The van der Waals surface area contributed by atoms with Gasteiger partial charge in [-0.1, -0.05) is 54.1 Å². The minimum absolute atomic E-state index is 0.0182. The summed E-state index contributed by atoms with van der Waals surface area (Å²) >= 11 is 6.28. The van der Waals surface area contributed by atoms with Crippen molar-refractivity contribution in [1.29, 1.82) is 0 Å². The van der Waals surface area contributed by atoms with Gasteiger partial charge < -0.3 is 0 Å². The molecule has 144 valence electrons. The van der Waals surface area contributed by atoms with Gasteiger partial charge in [0.15, 0.2) is 0 Å². The zero-order valence-corrected chi connectivity index (χ0v) is 16.8. The molecular weight excluding hydrogens is 370 g/mol. The molecule has 0 radical (unpaired) electrons. The lowest BCUT2D eigenvalue weighted by Gasteiger charge is -2.30. The molecule has 0 aliphatic carbocycles. The molecule has 0 bridgehead atoms. The van der Waals surface area contributed by atoms with Crippen LogP contribution in [0.15, 0.2) is 60.7 Å². The Balaban J connectivity index is 1.36. The molecule has 28 heavy (non-hydrogen) atoms. The summed E-state index contributed by atoms with van der Waals surface area (Å²) < 4.78 is 1.77. The fraction of sp³-hybridized carbons (Fsp3) is 0.304. The number of piperidine rings is 1. The van der Waals surface area contributed by atoms with E-state index in [1.807, 2.05) is 49.5 Å². The number of rotatable bonds is 5. The summed E-state index contributed by atoms with van der Waals surface area (Å²) in [6.45, 7) is 2.91. The lowest BCUT2D eigenvalue weighted by Crippen LogP contribution is -2.32. The monoisotopic (exact) mass is 393 g/mol. The lowest BCUT2D eigenvalue weighted by molar-refractivity contribution is 0.104. The quantitative estimate of drug-likeness (QED) is 0.458. The van der Waals surface area contributed by atoms with Gasteiger partial charge in [0.1, 0.15) is 5.69 Å². The Kier molecular flexibility index (Phi) is 5.60. The largest absolute Gasteiger partial charge is 0.299 e. The number of carbonyl (C=O) groups is 1. The number of likely N-dealkylation sites (tertiary alicyclic amines) is 1. The fourth-order valence-corrected chi connectivity index (χ4v) is 4.06. The smallest absolute Gasteiger partial charge is 0.206 e. The summed E-state index contributed by atoms with van der Waals surface area (Å²) in [5, 5.41) is 6.16. The van der Waals surface area contributed by atoms with Crippen molar-refractivity contribution in [1.82, 2.24) is 14.7 Å². The van der Waals surface area contributed by atoms with Crippen LogP contribution in [0.2, 0.25) is 5.02 Å². The van der Waals surface area contributed by atoms with Crippen LogP contribution >= 0.6 is 11.6 Å². The molecule has 1 aliphatic heterocycles. The van der Waals surface area contributed by atoms with Gasteiger partial charge in [-0.2, -0.15) is 5.10 Å². The molecule has 2 heterocycles. The van der Waals surface area contributed by atoms with Gasteiger partial charge in [0.05, 0.1) is 5.52 Å². The van der Waals surface area contributed by atoms with Crippen LogP contribution in [0.1, 0.15) is 28.9 Å². The Morgan fingerprint density at radius 2 is 1.86 bits per heavy atom. The Labute approximate surface area is 170 Å². The van der Waals surface area contributed by atoms with E-state index in [0.29, 0.717) is 11.6 Å². The molecule has 0 saturated carbocycles. The summed E-state index contributed by atoms with van der Waals surface area (Å²) in [7, 11) is 1.87. The molecule has 0 spiro atoms. The van der Waals surface area contributed by atoms with Gasteiger partial charge in [0.2, 0.25) is 5.78 Å². The highest BCUT2D eigenvalue weighted by molar-refractivity contribution is 6.31. The Morgan fingerprint density at radius 1 is 1.14 bits per heavy atom. The number of benzene rings is 2. The van der Waals surface area contributed by atoms with Crippen LogP contribution in [0.3, 0.4) is 0 Å². The summed E-state index contributed by atoms with van der Waals surface area (Å²) in [6, 6.07) is 15.9. The van der Waals surface area contributed by atoms with Crippen LogP contribution in [0.5, 0.6) is 0 Å². The maximum Gasteiger partial charge on any atom is 0.206 e. The van der Waals surface area contributed by atoms with Gasteiger partial charge in [-0.05, 0) is 55.6 Å². The van der Waals surface area contributed by atoms with Gasteiger partial charge in [-0.3, -0.25) is 14.4 Å². The minimum atomic E-state index is -0.0182. The Hall–Kier alpha value is -2.43. The van der Waals surface area contributed by atoms with Crippen LogP contribution in [0, 0.1) is 5.92 Å². The van der Waals surface area contributed by atoms with Gasteiger partial charge in [-0.25, -0.2) is 0 Å². The van der Waals surface area contributed by atoms with E-state index in [2.05, 4.69) is 22.1 Å². The van der Waals surface area contributed by atoms with Gasteiger partial charge in [0, 0.05) is 24.0 Å². The van der Waals surface area contributed by atoms with Crippen LogP contribution in [0.4, 0.5) is 0 Å². The van der Waals surface area contributed by atoms with Crippen molar-refractivity contribution in [2.75, 3.05) is 13.1 Å². The predicted molar refractivity (Wildman–Crippen MR) is 114 cm³/mol. The van der Waals surface area contributed by atoms with Crippen molar-refractivity contribution in [3.8, 4) is 0 Å². The number of aromatic nitrogens is 2. The second-order valence-corrected chi connectivity index (χ2v) is 7.82. The third kappa shape index (κ3) is 4.03. The maximum absolute atomic E-state index is 12.7. The van der Waals surface area contributed by atoms with E-state index >= 15 is 0 Å². The summed E-state index contributed by atoms with van der Waals surface area (Å²) in [6.07, 6.45) is 5.89. The number of allylic oxidation sites excluding steroid dienone is 2. The third-order valence-corrected chi connectivity index (χ3v) is 5.86. The fourth-order valence-electron chi connectivity index (χ4n) is 3.87. The molecule has 0 atom stereocenters. The molecular formula is C23H24ClN3O. The van der Waals surface area contributed by atoms with E-state index in [-0.39, 0.29) is 5.78 Å². The SMILES string of the molecule is Cn1nc(C(=O)C=CC2CCN(Cc3ccccc3Cl)CC2)c2ccccc21. The number of carbonyl (C=O) groups excluding carboxylic acids is 1. The van der Waals surface area contributed by atoms with Crippen LogP contribution in [-0.2, 0) is 13.6 Å². The second kappa shape index (κ2) is 8.29. The molecule has 1 fully saturated rings. The van der Waals surface area contributed by atoms with E-state index in [1.54, 1.807) is 10.8 Å². The van der Waals surface area contributed by atoms with E-state index in [0.717, 1.165) is 48.4 Å². The molecule has 0 N–H and O–H groups in total. The molecule has 2 aromatic carbocycles. The summed E-state index contributed by atoms with van der Waals surface area (Å²) in [5.74, 6) is 0.414. The first-order valence-electron chi connectivity index (χ1n) is 9.72. The number of aryl methyl sites for hydroxylation is 1. The Bertz CT molecular complexity index is 1020. The lowest BCUT2D eigenvalue weighted by atomic mass is 9.95. The molecule has 1 saturated heterocycles. The molecule has 3 aromatic rings. The summed E-state index contributed by atoms with van der Waals surface area (Å²) in [5.41, 5.74) is 2.69. The highest BCUT2D eigenvalue weighted by atomic mass is 35.5. The molecule has 0 unspecified atom stereocenters. The highest BCUT2D eigenvalue weighted by Gasteiger charge is 2.19. The number of nitrogens with zero attached hydrogens (tertiary/aromatic N) is 3. The number of halogens is 1. The van der Waals surface area contributed by atoms with Crippen LogP contribution in [-0.4, -0.2) is 33.6 Å². The molecule has 4 rings (SSSR count). The number of fused-ring (bicyclic) bond motifs is 1. The van der Waals surface area contributed by atoms with E-state index in [1.165, 1.54) is 5.56 Å². The van der Waals surface area contributed by atoms with Crippen LogP contribution < -0.4 is 0 Å². The van der Waals surface area contributed by atoms with Crippen molar-refractivity contribution in [2.24, 2.45) is 13.0 Å². The predicted octanol–water partition coefficient (Wildman–Crippen LogP) is 4.88. The molecule has 1 aliphatic rings. The minimum Gasteiger partial charge on any atom is -0.299 e. The molecule has 5 heteroatoms. The van der Waals surface area contributed by atoms with Crippen molar-refractivity contribution >= 4 is 28.3 Å². The second-order valence-electron chi connectivity index (χ2n) is 7.42. The first kappa shape index (κ1) is 18.9. The molecule has 0 amide bonds. The molecule has 1 aromatic heterocycles. The van der Waals surface area contributed by atoms with Gasteiger partial charge in [0.25, 0.3) is 0 Å². The standard InChI is InChI=1S/C23H24ClN3O/c1-26-21-9-5-3-7-19(21)23(25-26)22(28)11-10-17-12-14-27(15-13-17)16-18-6-2-4-8-20(18)24/h2-11,17H,12-16H2,1H3. The van der Waals surface area contributed by atoms with E-state index in [9.17, 15) is 4.79 Å². The zero-order valence-electron chi connectivity index (χ0n) is 16.0. The average molecular weight is 394 g/mol. The highest BCUT2D eigenvalue weighted by Crippen LogP contribution is 2.24. The Morgan fingerprint density at radius 3 is 2.64 bits per heavy atom. The van der Waals surface area contributed by atoms with Crippen molar-refractivity contribution in [3.63, 3.8) is 0 Å². The third-order valence-electron chi connectivity index (χ3n) is 5.49. The van der Waals surface area contributed by atoms with E-state index in [4.69, 9.17) is 11.6 Å². The number of para-hydroxylation sites is 1. The van der Waals surface area contributed by atoms with Gasteiger partial charge >= 0.3 is 0 Å². The van der Waals surface area contributed by atoms with Gasteiger partial charge in [-0.15, -0.1) is 0 Å². The summed E-state index contributed by atoms with van der Waals surface area (Å²) in [4.78, 5) is 15.1. The van der Waals surface area contributed by atoms with Crippen molar-refractivity contribution < 1.29 is 4.79 Å². The zero-order chi connectivity index (χ0) is 19.5. The average Bonchev–Trinajstić information content (AvgIpc) is 3.06. The maximum atomic E-state index is 12.7. The first-order chi connectivity index (χ1) is 13.6. The van der Waals surface area contributed by atoms with Crippen LogP contribution in [0.25, 0.3) is 10.9 Å². The number of hydrogen-bond donors (Lipinski definition) is 0. The molecule has 4 nitrogen and oxygen atoms in total.